The third-order valence-corrected chi connectivity index (χ3v) is 4.01. The molecule has 0 saturated carbocycles. The van der Waals surface area contributed by atoms with Gasteiger partial charge in [-0.15, -0.1) is 13.2 Å². The summed E-state index contributed by atoms with van der Waals surface area (Å²) in [4.78, 5) is 0. The van der Waals surface area contributed by atoms with Gasteiger partial charge in [-0.25, -0.2) is 0 Å². The maximum absolute atomic E-state index is 6.06. The van der Waals surface area contributed by atoms with E-state index in [1.54, 1.807) is 0 Å². The fraction of sp³-hybridized carbons (Fsp3) is 0.158. The summed E-state index contributed by atoms with van der Waals surface area (Å²) in [7, 11) is 0. The van der Waals surface area contributed by atoms with Crippen molar-refractivity contribution in [1.82, 2.24) is 0 Å². The molecule has 2 aromatic rings. The third-order valence-electron chi connectivity index (χ3n) is 4.01. The van der Waals surface area contributed by atoms with Gasteiger partial charge in [0.15, 0.2) is 0 Å². The van der Waals surface area contributed by atoms with Gasteiger partial charge in [0.2, 0.25) is 0 Å². The highest BCUT2D eigenvalue weighted by Crippen LogP contribution is 2.51. The number of hydrogen-bond donors (Lipinski definition) is 0. The highest BCUT2D eigenvalue weighted by atomic mass is 16.5. The molecule has 3 rings (SSSR count). The summed E-state index contributed by atoms with van der Waals surface area (Å²) in [6, 6.07) is 16.5. The van der Waals surface area contributed by atoms with Crippen molar-refractivity contribution in [2.24, 2.45) is 0 Å². The van der Waals surface area contributed by atoms with Gasteiger partial charge in [0, 0.05) is 16.5 Å². The van der Waals surface area contributed by atoms with Gasteiger partial charge in [-0.1, -0.05) is 48.6 Å². The van der Waals surface area contributed by atoms with E-state index in [-0.39, 0.29) is 5.41 Å². The van der Waals surface area contributed by atoms with Gasteiger partial charge in [0.05, 0.1) is 0 Å². The summed E-state index contributed by atoms with van der Waals surface area (Å²) in [5, 5.41) is 0. The lowest BCUT2D eigenvalue weighted by molar-refractivity contribution is 0.392. The zero-order valence-electron chi connectivity index (χ0n) is 11.5. The normalized spacial score (nSPS) is 14.6. The summed E-state index contributed by atoms with van der Waals surface area (Å²) < 4.78 is 6.06. The zero-order valence-corrected chi connectivity index (χ0v) is 11.5. The lowest BCUT2D eigenvalue weighted by atomic mass is 9.68. The van der Waals surface area contributed by atoms with E-state index < -0.39 is 0 Å². The maximum Gasteiger partial charge on any atom is 0.131 e. The Labute approximate surface area is 120 Å². The molecule has 20 heavy (non-hydrogen) atoms. The molecular formula is C19H18O. The minimum absolute atomic E-state index is 0.116. The first-order valence-electron chi connectivity index (χ1n) is 6.90. The molecule has 0 atom stereocenters. The molecule has 1 heteroatoms. The van der Waals surface area contributed by atoms with Gasteiger partial charge in [-0.3, -0.25) is 0 Å². The molecule has 0 saturated heterocycles. The van der Waals surface area contributed by atoms with E-state index in [1.807, 2.05) is 36.4 Å². The first kappa shape index (κ1) is 12.7. The molecule has 1 nitrogen and oxygen atoms in total. The number of ether oxygens (including phenoxy) is 1. The van der Waals surface area contributed by atoms with Gasteiger partial charge >= 0.3 is 0 Å². The Hall–Kier alpha value is -2.28. The highest BCUT2D eigenvalue weighted by molar-refractivity contribution is 5.58. The number of hydrogen-bond acceptors (Lipinski definition) is 1. The van der Waals surface area contributed by atoms with Crippen molar-refractivity contribution in [3.63, 3.8) is 0 Å². The van der Waals surface area contributed by atoms with Crippen LogP contribution in [0.3, 0.4) is 0 Å². The van der Waals surface area contributed by atoms with Gasteiger partial charge in [-0.2, -0.15) is 0 Å². The van der Waals surface area contributed by atoms with Gasteiger partial charge in [0.25, 0.3) is 0 Å². The van der Waals surface area contributed by atoms with E-state index in [4.69, 9.17) is 4.74 Å². The molecule has 2 aromatic carbocycles. The molecule has 0 fully saturated rings. The van der Waals surface area contributed by atoms with Gasteiger partial charge in [0.1, 0.15) is 11.5 Å². The second-order valence-electron chi connectivity index (χ2n) is 5.16. The monoisotopic (exact) mass is 262 g/mol. The van der Waals surface area contributed by atoms with Gasteiger partial charge < -0.3 is 4.74 Å². The summed E-state index contributed by atoms with van der Waals surface area (Å²) in [6.45, 7) is 7.91. The Morgan fingerprint density at radius 1 is 0.800 bits per heavy atom. The highest BCUT2D eigenvalue weighted by Gasteiger charge is 2.39. The van der Waals surface area contributed by atoms with Crippen molar-refractivity contribution < 1.29 is 4.74 Å². The molecule has 0 N–H and O–H groups in total. The average Bonchev–Trinajstić information content (AvgIpc) is 2.48. The molecule has 0 spiro atoms. The van der Waals surface area contributed by atoms with E-state index in [0.29, 0.717) is 0 Å². The van der Waals surface area contributed by atoms with Crippen LogP contribution in [0.25, 0.3) is 0 Å². The summed E-state index contributed by atoms with van der Waals surface area (Å²) in [6.07, 6.45) is 5.72. The molecule has 1 heterocycles. The Bertz CT molecular complexity index is 597. The second kappa shape index (κ2) is 5.01. The predicted octanol–water partition coefficient (Wildman–Crippen LogP) is 5.23. The van der Waals surface area contributed by atoms with Crippen molar-refractivity contribution in [1.29, 1.82) is 0 Å². The van der Waals surface area contributed by atoms with Crippen LogP contribution in [0.15, 0.2) is 73.8 Å². The lowest BCUT2D eigenvalue weighted by Gasteiger charge is -2.39. The first-order valence-corrected chi connectivity index (χ1v) is 6.90. The average molecular weight is 262 g/mol. The Balaban J connectivity index is 2.30. The van der Waals surface area contributed by atoms with Crippen LogP contribution in [0.2, 0.25) is 0 Å². The van der Waals surface area contributed by atoms with Crippen molar-refractivity contribution in [3.05, 3.63) is 85.0 Å². The summed E-state index contributed by atoms with van der Waals surface area (Å²) in [5.74, 6) is 1.88. The molecule has 0 unspecified atom stereocenters. The minimum atomic E-state index is -0.116. The van der Waals surface area contributed by atoms with Crippen LogP contribution >= 0.6 is 0 Å². The van der Waals surface area contributed by atoms with Crippen LogP contribution in [0.5, 0.6) is 11.5 Å². The van der Waals surface area contributed by atoms with E-state index in [0.717, 1.165) is 24.3 Å². The first-order chi connectivity index (χ1) is 9.81. The Morgan fingerprint density at radius 2 is 1.25 bits per heavy atom. The number of benzene rings is 2. The molecule has 100 valence electrons. The Morgan fingerprint density at radius 3 is 1.70 bits per heavy atom. The third kappa shape index (κ3) is 1.78. The van der Waals surface area contributed by atoms with E-state index in [2.05, 4.69) is 37.4 Å². The fourth-order valence-corrected chi connectivity index (χ4v) is 3.18. The van der Waals surface area contributed by atoms with Crippen LogP contribution < -0.4 is 4.74 Å². The molecule has 0 amide bonds. The lowest BCUT2D eigenvalue weighted by Crippen LogP contribution is -2.30. The molecule has 0 aliphatic carbocycles. The molecule has 0 bridgehead atoms. The Kier molecular flexibility index (Phi) is 3.19. The second-order valence-corrected chi connectivity index (χ2v) is 5.16. The van der Waals surface area contributed by atoms with Crippen LogP contribution in [0.4, 0.5) is 0 Å². The van der Waals surface area contributed by atoms with Crippen molar-refractivity contribution in [2.45, 2.75) is 18.3 Å². The van der Waals surface area contributed by atoms with E-state index in [9.17, 15) is 0 Å². The van der Waals surface area contributed by atoms with E-state index >= 15 is 0 Å². The number of para-hydroxylation sites is 2. The van der Waals surface area contributed by atoms with Crippen LogP contribution in [-0.2, 0) is 5.41 Å². The molecule has 0 aromatic heterocycles. The number of rotatable bonds is 4. The van der Waals surface area contributed by atoms with Crippen molar-refractivity contribution in [3.8, 4) is 11.5 Å². The molecule has 1 aliphatic rings. The number of fused-ring (bicyclic) bond motifs is 2. The zero-order chi connectivity index (χ0) is 14.0. The smallest absolute Gasteiger partial charge is 0.131 e. The molecule has 1 aliphatic heterocycles. The minimum Gasteiger partial charge on any atom is -0.457 e. The molecule has 0 radical (unpaired) electrons. The standard InChI is InChI=1S/C19H18O/c1-3-13-19(14-4-2)15-9-5-7-11-17(15)20-18-12-8-6-10-16(18)19/h3-12H,1-2,13-14H2. The van der Waals surface area contributed by atoms with E-state index in [1.165, 1.54) is 11.1 Å². The van der Waals surface area contributed by atoms with Crippen molar-refractivity contribution >= 4 is 0 Å². The summed E-state index contributed by atoms with van der Waals surface area (Å²) in [5.41, 5.74) is 2.33. The predicted molar refractivity (Wildman–Crippen MR) is 83.4 cm³/mol. The quantitative estimate of drug-likeness (QED) is 0.685. The SMILES string of the molecule is C=CCC1(CC=C)c2ccccc2Oc2ccccc21. The molecular weight excluding hydrogens is 244 g/mol. The van der Waals surface area contributed by atoms with Crippen LogP contribution in [0, 0.1) is 0 Å². The van der Waals surface area contributed by atoms with Gasteiger partial charge in [-0.05, 0) is 25.0 Å². The van der Waals surface area contributed by atoms with Crippen LogP contribution in [0.1, 0.15) is 24.0 Å². The summed E-state index contributed by atoms with van der Waals surface area (Å²) >= 11 is 0. The maximum atomic E-state index is 6.06. The number of allylic oxidation sites excluding steroid dienone is 2. The fourth-order valence-electron chi connectivity index (χ4n) is 3.18. The topological polar surface area (TPSA) is 9.23 Å². The largest absolute Gasteiger partial charge is 0.457 e. The van der Waals surface area contributed by atoms with Crippen LogP contribution in [-0.4, -0.2) is 0 Å². The van der Waals surface area contributed by atoms with Crippen molar-refractivity contribution in [2.75, 3.05) is 0 Å².